The van der Waals surface area contributed by atoms with Crippen LogP contribution in [0.5, 0.6) is 5.75 Å². The van der Waals surface area contributed by atoms with E-state index in [2.05, 4.69) is 26.1 Å². The molecule has 1 aromatic carbocycles. The number of amides is 2. The normalized spacial score (nSPS) is 18.6. The molecule has 2 aromatic rings. The number of ether oxygens (including phenoxy) is 1. The zero-order valence-corrected chi connectivity index (χ0v) is 16.6. The third kappa shape index (κ3) is 3.70. The fourth-order valence-electron chi connectivity index (χ4n) is 3.46. The molecule has 9 heteroatoms. The maximum atomic E-state index is 12.7. The minimum absolute atomic E-state index is 0. The molecule has 0 saturated carbocycles. The Balaban J connectivity index is 0.00000225. The van der Waals surface area contributed by atoms with Gasteiger partial charge in [0.2, 0.25) is 0 Å². The molecule has 2 atom stereocenters. The van der Waals surface area contributed by atoms with E-state index in [1.54, 1.807) is 6.07 Å². The number of hydrogen-bond donors (Lipinski definition) is 4. The van der Waals surface area contributed by atoms with E-state index in [0.29, 0.717) is 30.1 Å². The third-order valence-electron chi connectivity index (χ3n) is 5.07. The van der Waals surface area contributed by atoms with Crippen LogP contribution in [0.1, 0.15) is 53.6 Å². The fourth-order valence-corrected chi connectivity index (χ4v) is 3.46. The lowest BCUT2D eigenvalue weighted by Crippen LogP contribution is -2.36. The highest BCUT2D eigenvalue weighted by Gasteiger charge is 2.27. The molecule has 8 nitrogen and oxygen atoms in total. The molecule has 3 heterocycles. The van der Waals surface area contributed by atoms with E-state index < -0.39 is 6.10 Å². The topological polar surface area (TPSA) is 108 Å². The van der Waals surface area contributed by atoms with Gasteiger partial charge in [-0.15, -0.1) is 12.4 Å². The Bertz CT molecular complexity index is 898. The van der Waals surface area contributed by atoms with Crippen LogP contribution < -0.4 is 20.7 Å². The van der Waals surface area contributed by atoms with Gasteiger partial charge in [0.1, 0.15) is 5.75 Å². The lowest BCUT2D eigenvalue weighted by atomic mass is 10.0. The SMILES string of the molecule is CCC1Oc2cc(C(C)NC(=O)c3n[nH]c4c3CNCC4)ccc2NC1=O.Cl. The number of aromatic amines is 1. The van der Waals surface area contributed by atoms with Gasteiger partial charge in [0, 0.05) is 30.8 Å². The smallest absolute Gasteiger partial charge is 0.272 e. The van der Waals surface area contributed by atoms with Crippen LogP contribution in [-0.2, 0) is 17.8 Å². The van der Waals surface area contributed by atoms with Crippen molar-refractivity contribution in [3.63, 3.8) is 0 Å². The molecule has 2 aliphatic heterocycles. The van der Waals surface area contributed by atoms with Gasteiger partial charge in [-0.25, -0.2) is 0 Å². The van der Waals surface area contributed by atoms with Gasteiger partial charge >= 0.3 is 0 Å². The number of hydrogen-bond acceptors (Lipinski definition) is 5. The van der Waals surface area contributed by atoms with Gasteiger partial charge in [0.15, 0.2) is 11.8 Å². The van der Waals surface area contributed by atoms with Crippen LogP contribution in [0.2, 0.25) is 0 Å². The molecule has 4 N–H and O–H groups in total. The van der Waals surface area contributed by atoms with Crippen molar-refractivity contribution in [1.82, 2.24) is 20.8 Å². The summed E-state index contributed by atoms with van der Waals surface area (Å²) in [5.74, 6) is 0.291. The summed E-state index contributed by atoms with van der Waals surface area (Å²) in [4.78, 5) is 24.6. The van der Waals surface area contributed by atoms with Crippen molar-refractivity contribution >= 4 is 29.9 Å². The van der Waals surface area contributed by atoms with Gasteiger partial charge in [-0.05, 0) is 31.0 Å². The predicted molar refractivity (Wildman–Crippen MR) is 107 cm³/mol. The summed E-state index contributed by atoms with van der Waals surface area (Å²) in [5, 5.41) is 16.3. The van der Waals surface area contributed by atoms with Crippen LogP contribution in [0.3, 0.4) is 0 Å². The number of rotatable bonds is 4. The second-order valence-electron chi connectivity index (χ2n) is 6.91. The first-order valence-corrected chi connectivity index (χ1v) is 9.26. The van der Waals surface area contributed by atoms with Crippen molar-refractivity contribution in [3.8, 4) is 5.75 Å². The summed E-state index contributed by atoms with van der Waals surface area (Å²) in [6, 6.07) is 5.32. The zero-order valence-electron chi connectivity index (χ0n) is 15.8. The average Bonchev–Trinajstić information content (AvgIpc) is 3.11. The molecule has 2 amide bonds. The van der Waals surface area contributed by atoms with Crippen LogP contribution in [0.25, 0.3) is 0 Å². The number of H-pyrrole nitrogens is 1. The first kappa shape index (κ1) is 20.2. The summed E-state index contributed by atoms with van der Waals surface area (Å²) < 4.78 is 5.79. The molecule has 0 bridgehead atoms. The largest absolute Gasteiger partial charge is 0.478 e. The van der Waals surface area contributed by atoms with E-state index >= 15 is 0 Å². The lowest BCUT2D eigenvalue weighted by molar-refractivity contribution is -0.123. The van der Waals surface area contributed by atoms with Gasteiger partial charge in [-0.1, -0.05) is 13.0 Å². The molecule has 150 valence electrons. The molecule has 0 aliphatic carbocycles. The number of aromatic nitrogens is 2. The molecule has 0 fully saturated rings. The summed E-state index contributed by atoms with van der Waals surface area (Å²) >= 11 is 0. The van der Waals surface area contributed by atoms with Crippen molar-refractivity contribution in [3.05, 3.63) is 40.7 Å². The second-order valence-corrected chi connectivity index (χ2v) is 6.91. The van der Waals surface area contributed by atoms with E-state index in [4.69, 9.17) is 4.74 Å². The summed E-state index contributed by atoms with van der Waals surface area (Å²) in [7, 11) is 0. The highest BCUT2D eigenvalue weighted by Crippen LogP contribution is 2.33. The number of carbonyl (C=O) groups excluding carboxylic acids is 2. The Kier molecular flexibility index (Phi) is 5.90. The second kappa shape index (κ2) is 8.20. The minimum atomic E-state index is -0.485. The molecule has 28 heavy (non-hydrogen) atoms. The van der Waals surface area contributed by atoms with E-state index in [1.165, 1.54) is 0 Å². The van der Waals surface area contributed by atoms with Crippen molar-refractivity contribution in [2.75, 3.05) is 11.9 Å². The zero-order chi connectivity index (χ0) is 19.0. The molecular weight excluding hydrogens is 382 g/mol. The molecule has 2 aliphatic rings. The number of nitrogens with zero attached hydrogens (tertiary/aromatic N) is 1. The van der Waals surface area contributed by atoms with E-state index in [1.807, 2.05) is 26.0 Å². The number of benzene rings is 1. The van der Waals surface area contributed by atoms with Gasteiger partial charge in [0.05, 0.1) is 11.7 Å². The first-order valence-electron chi connectivity index (χ1n) is 9.26. The monoisotopic (exact) mass is 405 g/mol. The average molecular weight is 406 g/mol. The van der Waals surface area contributed by atoms with Crippen LogP contribution in [0, 0.1) is 0 Å². The van der Waals surface area contributed by atoms with E-state index in [-0.39, 0.29) is 30.3 Å². The Morgan fingerprint density at radius 2 is 2.25 bits per heavy atom. The summed E-state index contributed by atoms with van der Waals surface area (Å²) in [6.07, 6.45) is 0.957. The van der Waals surface area contributed by atoms with Crippen molar-refractivity contribution in [1.29, 1.82) is 0 Å². The van der Waals surface area contributed by atoms with Crippen LogP contribution in [-0.4, -0.2) is 34.7 Å². The maximum Gasteiger partial charge on any atom is 0.272 e. The number of nitrogens with one attached hydrogen (secondary N) is 4. The molecule has 4 rings (SSSR count). The van der Waals surface area contributed by atoms with Crippen molar-refractivity contribution in [2.24, 2.45) is 0 Å². The molecule has 0 radical (unpaired) electrons. The third-order valence-corrected chi connectivity index (χ3v) is 5.07. The fraction of sp³-hybridized carbons (Fsp3) is 0.421. The Hall–Kier alpha value is -2.58. The molecule has 2 unspecified atom stereocenters. The number of fused-ring (bicyclic) bond motifs is 2. The highest BCUT2D eigenvalue weighted by atomic mass is 35.5. The van der Waals surface area contributed by atoms with Gasteiger partial charge in [-0.2, -0.15) is 5.10 Å². The van der Waals surface area contributed by atoms with E-state index in [9.17, 15) is 9.59 Å². The molecular formula is C19H24ClN5O3. The van der Waals surface area contributed by atoms with Crippen LogP contribution >= 0.6 is 12.4 Å². The van der Waals surface area contributed by atoms with Gasteiger partial charge in [-0.3, -0.25) is 14.7 Å². The number of halogens is 1. The first-order chi connectivity index (χ1) is 13.1. The quantitative estimate of drug-likeness (QED) is 0.622. The number of anilines is 1. The van der Waals surface area contributed by atoms with Crippen molar-refractivity contribution < 1.29 is 14.3 Å². The molecule has 1 aromatic heterocycles. The van der Waals surface area contributed by atoms with Gasteiger partial charge in [0.25, 0.3) is 11.8 Å². The minimum Gasteiger partial charge on any atom is -0.478 e. The standard InChI is InChI=1S/C19H23N5O3.ClH/c1-3-15-18(25)22-14-5-4-11(8-16(14)27-15)10(2)21-19(26)17-12-9-20-7-6-13(12)23-24-17;/h4-5,8,10,15,20H,3,6-7,9H2,1-2H3,(H,21,26)(H,22,25)(H,23,24);1H. The highest BCUT2D eigenvalue weighted by molar-refractivity contribution is 5.98. The van der Waals surface area contributed by atoms with E-state index in [0.717, 1.165) is 29.8 Å². The molecule has 0 spiro atoms. The Morgan fingerprint density at radius 1 is 1.43 bits per heavy atom. The van der Waals surface area contributed by atoms with Crippen LogP contribution in [0.15, 0.2) is 18.2 Å². The van der Waals surface area contributed by atoms with Gasteiger partial charge < -0.3 is 20.7 Å². The maximum absolute atomic E-state index is 12.7. The predicted octanol–water partition coefficient (Wildman–Crippen LogP) is 2.08. The summed E-state index contributed by atoms with van der Waals surface area (Å²) in [6.45, 7) is 5.35. The number of carbonyl (C=O) groups is 2. The Morgan fingerprint density at radius 3 is 3.04 bits per heavy atom. The van der Waals surface area contributed by atoms with Crippen LogP contribution in [0.4, 0.5) is 5.69 Å². The lowest BCUT2D eigenvalue weighted by Gasteiger charge is -2.26. The molecule has 0 saturated heterocycles. The Labute approximate surface area is 169 Å². The summed E-state index contributed by atoms with van der Waals surface area (Å²) in [5.41, 5.74) is 3.95. The van der Waals surface area contributed by atoms with Crippen molar-refractivity contribution in [2.45, 2.75) is 45.4 Å².